The van der Waals surface area contributed by atoms with Crippen LogP contribution in [0.4, 0.5) is 5.69 Å². The van der Waals surface area contributed by atoms with Crippen LogP contribution in [0.1, 0.15) is 0 Å². The normalized spacial score (nSPS) is 14.5. The minimum Gasteiger partial charge on any atom is -0.495 e. The monoisotopic (exact) mass is 314 g/mol. The van der Waals surface area contributed by atoms with Crippen LogP contribution in [0.3, 0.4) is 0 Å². The van der Waals surface area contributed by atoms with Crippen molar-refractivity contribution >= 4 is 21.6 Å². The van der Waals surface area contributed by atoms with Crippen LogP contribution >= 0.6 is 0 Å². The highest BCUT2D eigenvalue weighted by molar-refractivity contribution is 7.89. The molecule has 0 unspecified atom stereocenters. The molecule has 0 saturated carbocycles. The summed E-state index contributed by atoms with van der Waals surface area (Å²) in [5, 5.41) is 7.59. The van der Waals surface area contributed by atoms with E-state index in [1.807, 2.05) is 0 Å². The fourth-order valence-corrected chi connectivity index (χ4v) is 2.38. The standard InChI is InChI=1S/C12H14N2O6S/c1-18-9-3-2-8(6-11(9)21(13,16)17)14-12(15)10-7-19-4-5-20-10/h2-3,6-7H,4-5H2,1H3,(H,14,15)(H2,13,16,17). The van der Waals surface area contributed by atoms with Crippen molar-refractivity contribution in [3.05, 3.63) is 30.2 Å². The number of hydrogen-bond donors (Lipinski definition) is 2. The first-order valence-corrected chi connectivity index (χ1v) is 7.43. The topological polar surface area (TPSA) is 117 Å². The molecule has 0 saturated heterocycles. The van der Waals surface area contributed by atoms with Crippen molar-refractivity contribution in [2.75, 3.05) is 25.6 Å². The summed E-state index contributed by atoms with van der Waals surface area (Å²) in [5.41, 5.74) is 0.236. The number of anilines is 1. The Morgan fingerprint density at radius 2 is 2.14 bits per heavy atom. The van der Waals surface area contributed by atoms with Crippen LogP contribution in [-0.4, -0.2) is 34.6 Å². The van der Waals surface area contributed by atoms with Gasteiger partial charge in [0, 0.05) is 5.69 Å². The molecule has 0 aromatic heterocycles. The van der Waals surface area contributed by atoms with E-state index < -0.39 is 15.9 Å². The third kappa shape index (κ3) is 3.64. The Hall–Kier alpha value is -2.26. The number of sulfonamides is 1. The second-order valence-electron chi connectivity index (χ2n) is 4.07. The molecule has 1 aliphatic rings. The summed E-state index contributed by atoms with van der Waals surface area (Å²) in [7, 11) is -2.66. The van der Waals surface area contributed by atoms with Crippen LogP contribution < -0.4 is 15.2 Å². The van der Waals surface area contributed by atoms with E-state index in [1.165, 1.54) is 31.6 Å². The predicted molar refractivity (Wildman–Crippen MR) is 73.0 cm³/mol. The molecule has 0 fully saturated rings. The number of benzene rings is 1. The Kier molecular flexibility index (Phi) is 4.34. The third-order valence-electron chi connectivity index (χ3n) is 2.60. The molecule has 1 amide bonds. The fraction of sp³-hybridized carbons (Fsp3) is 0.250. The number of amides is 1. The van der Waals surface area contributed by atoms with Gasteiger partial charge in [0.25, 0.3) is 5.91 Å². The fourth-order valence-electron chi connectivity index (χ4n) is 1.66. The van der Waals surface area contributed by atoms with Crippen LogP contribution in [0.5, 0.6) is 5.75 Å². The SMILES string of the molecule is COc1ccc(NC(=O)C2=COCCO2)cc1S(N)(=O)=O. The molecule has 114 valence electrons. The van der Waals surface area contributed by atoms with Gasteiger partial charge in [0.2, 0.25) is 15.8 Å². The molecule has 8 nitrogen and oxygen atoms in total. The molecule has 0 bridgehead atoms. The Bertz CT molecular complexity index is 683. The van der Waals surface area contributed by atoms with Gasteiger partial charge < -0.3 is 19.5 Å². The quantitative estimate of drug-likeness (QED) is 0.818. The van der Waals surface area contributed by atoms with Gasteiger partial charge in [0.1, 0.15) is 30.1 Å². The maximum Gasteiger partial charge on any atom is 0.294 e. The minimum absolute atomic E-state index is 0.00854. The summed E-state index contributed by atoms with van der Waals surface area (Å²) in [6.45, 7) is 0.638. The van der Waals surface area contributed by atoms with Crippen LogP contribution in [0.2, 0.25) is 0 Å². The molecule has 1 aromatic carbocycles. The number of primary sulfonamides is 1. The first-order chi connectivity index (χ1) is 9.91. The number of methoxy groups -OCH3 is 1. The molecule has 3 N–H and O–H groups in total. The van der Waals surface area contributed by atoms with Gasteiger partial charge in [-0.3, -0.25) is 4.79 Å². The van der Waals surface area contributed by atoms with E-state index in [0.29, 0.717) is 6.61 Å². The third-order valence-corrected chi connectivity index (χ3v) is 3.53. The number of carbonyl (C=O) groups excluding carboxylic acids is 1. The average molecular weight is 314 g/mol. The zero-order valence-electron chi connectivity index (χ0n) is 11.2. The lowest BCUT2D eigenvalue weighted by molar-refractivity contribution is -0.117. The van der Waals surface area contributed by atoms with Crippen LogP contribution in [0.25, 0.3) is 0 Å². The van der Waals surface area contributed by atoms with Crippen molar-refractivity contribution in [3.63, 3.8) is 0 Å². The van der Waals surface area contributed by atoms with Gasteiger partial charge in [0.15, 0.2) is 0 Å². The van der Waals surface area contributed by atoms with E-state index in [-0.39, 0.29) is 28.7 Å². The van der Waals surface area contributed by atoms with E-state index in [1.54, 1.807) is 0 Å². The lowest BCUT2D eigenvalue weighted by Gasteiger charge is -2.15. The maximum atomic E-state index is 11.9. The largest absolute Gasteiger partial charge is 0.495 e. The molecule has 0 spiro atoms. The molecule has 1 aliphatic heterocycles. The summed E-state index contributed by atoms with van der Waals surface area (Å²) in [6.07, 6.45) is 1.20. The molecule has 1 heterocycles. The number of rotatable bonds is 4. The highest BCUT2D eigenvalue weighted by Crippen LogP contribution is 2.26. The van der Waals surface area contributed by atoms with Gasteiger partial charge in [-0.15, -0.1) is 0 Å². The van der Waals surface area contributed by atoms with E-state index in [4.69, 9.17) is 19.3 Å². The van der Waals surface area contributed by atoms with E-state index in [0.717, 1.165) is 0 Å². The predicted octanol–water partition coefficient (Wildman–Crippen LogP) is 0.169. The average Bonchev–Trinajstić information content (AvgIpc) is 2.47. The van der Waals surface area contributed by atoms with Crippen molar-refractivity contribution in [2.45, 2.75) is 4.90 Å². The molecular formula is C12H14N2O6S. The first kappa shape index (κ1) is 15.1. The molecule has 0 aliphatic carbocycles. The van der Waals surface area contributed by atoms with Gasteiger partial charge in [-0.1, -0.05) is 0 Å². The Labute approximate surface area is 121 Å². The Balaban J connectivity index is 2.25. The zero-order valence-corrected chi connectivity index (χ0v) is 12.0. The van der Waals surface area contributed by atoms with Crippen LogP contribution in [-0.2, 0) is 24.3 Å². The summed E-state index contributed by atoms with van der Waals surface area (Å²) >= 11 is 0. The van der Waals surface area contributed by atoms with E-state index in [2.05, 4.69) is 5.32 Å². The lowest BCUT2D eigenvalue weighted by Crippen LogP contribution is -2.21. The second-order valence-corrected chi connectivity index (χ2v) is 5.60. The van der Waals surface area contributed by atoms with E-state index >= 15 is 0 Å². The second kappa shape index (κ2) is 6.02. The highest BCUT2D eigenvalue weighted by atomic mass is 32.2. The Morgan fingerprint density at radius 1 is 1.38 bits per heavy atom. The van der Waals surface area contributed by atoms with Gasteiger partial charge in [-0.05, 0) is 18.2 Å². The smallest absolute Gasteiger partial charge is 0.294 e. The number of carbonyl (C=O) groups is 1. The molecule has 21 heavy (non-hydrogen) atoms. The molecule has 9 heteroatoms. The summed E-state index contributed by atoms with van der Waals surface area (Å²) in [6, 6.07) is 4.08. The summed E-state index contributed by atoms with van der Waals surface area (Å²) in [4.78, 5) is 11.7. The number of ether oxygens (including phenoxy) is 3. The van der Waals surface area contributed by atoms with Crippen molar-refractivity contribution in [1.82, 2.24) is 0 Å². The summed E-state index contributed by atoms with van der Waals surface area (Å²) < 4.78 is 38.0. The van der Waals surface area contributed by atoms with Crippen LogP contribution in [0, 0.1) is 0 Å². The van der Waals surface area contributed by atoms with Gasteiger partial charge in [-0.2, -0.15) is 0 Å². The lowest BCUT2D eigenvalue weighted by atomic mass is 10.3. The van der Waals surface area contributed by atoms with Gasteiger partial charge in [-0.25, -0.2) is 13.6 Å². The van der Waals surface area contributed by atoms with Gasteiger partial charge in [0.05, 0.1) is 7.11 Å². The zero-order chi connectivity index (χ0) is 15.5. The first-order valence-electron chi connectivity index (χ1n) is 5.88. The number of nitrogens with one attached hydrogen (secondary N) is 1. The van der Waals surface area contributed by atoms with Crippen molar-refractivity contribution in [3.8, 4) is 5.75 Å². The van der Waals surface area contributed by atoms with Crippen molar-refractivity contribution in [2.24, 2.45) is 5.14 Å². The van der Waals surface area contributed by atoms with Crippen LogP contribution in [0.15, 0.2) is 35.1 Å². The number of nitrogens with two attached hydrogens (primary N) is 1. The maximum absolute atomic E-state index is 11.9. The summed E-state index contributed by atoms with van der Waals surface area (Å²) in [5.74, 6) is -0.457. The molecule has 1 aromatic rings. The van der Waals surface area contributed by atoms with Gasteiger partial charge >= 0.3 is 0 Å². The van der Waals surface area contributed by atoms with E-state index in [9.17, 15) is 13.2 Å². The molecule has 0 atom stereocenters. The molecular weight excluding hydrogens is 300 g/mol. The highest BCUT2D eigenvalue weighted by Gasteiger charge is 2.19. The Morgan fingerprint density at radius 3 is 2.71 bits per heavy atom. The molecule has 0 radical (unpaired) electrons. The molecule has 2 rings (SSSR count). The minimum atomic E-state index is -3.98. The number of hydrogen-bond acceptors (Lipinski definition) is 6. The van der Waals surface area contributed by atoms with Crippen molar-refractivity contribution in [1.29, 1.82) is 0 Å². The van der Waals surface area contributed by atoms with Crippen molar-refractivity contribution < 1.29 is 27.4 Å².